The van der Waals surface area contributed by atoms with Gasteiger partial charge in [-0.2, -0.15) is 0 Å². The number of halogens is 3. The van der Waals surface area contributed by atoms with Crippen LogP contribution in [0.5, 0.6) is 11.5 Å². The van der Waals surface area contributed by atoms with E-state index >= 15 is 0 Å². The molecule has 2 aliphatic rings. The summed E-state index contributed by atoms with van der Waals surface area (Å²) in [5.41, 5.74) is 3.39. The summed E-state index contributed by atoms with van der Waals surface area (Å²) in [4.78, 5) is 41.5. The number of aldehydes is 1. The molecule has 1 amide bonds. The highest BCUT2D eigenvalue weighted by Crippen LogP contribution is 2.28. The molecule has 14 heteroatoms. The molecule has 0 atom stereocenters. The number of hydrogen-bond donors (Lipinski definition) is 0. The van der Waals surface area contributed by atoms with Crippen molar-refractivity contribution in [3.05, 3.63) is 134 Å². The molecule has 0 radical (unpaired) electrons. The third kappa shape index (κ3) is 13.5. The molecule has 276 valence electrons. The van der Waals surface area contributed by atoms with E-state index in [2.05, 4.69) is 21.7 Å². The van der Waals surface area contributed by atoms with Crippen molar-refractivity contribution >= 4 is 30.0 Å². The number of amides is 1. The van der Waals surface area contributed by atoms with Crippen molar-refractivity contribution in [3.8, 4) is 11.5 Å². The van der Waals surface area contributed by atoms with E-state index in [1.165, 1.54) is 5.69 Å². The van der Waals surface area contributed by atoms with Gasteiger partial charge in [0.05, 0.1) is 0 Å². The van der Waals surface area contributed by atoms with E-state index in [-0.39, 0.29) is 25.6 Å². The summed E-state index contributed by atoms with van der Waals surface area (Å²) in [6.45, 7) is 5.09. The number of piperazine rings is 1. The standard InChI is InChI=1S/C19H22F2N2O2.C11H12ClNO.C8H7NO4/c1-22-8-10-23(11-9-22)16-3-5-17(6-4-16)24-12-13-25-19-14-15(20)2-7-18(19)21;12-11-4-2-1-3-9(11)7-13(8-14)10-5-6-10;10-5-7-1-3-8(4-2-7)6-13-9(11)12/h2-7,14H,8-13H2,1H3;1-4,8,10H,5-7H2;1-5H,6H2. The Hall–Kier alpha value is -5.27. The summed E-state index contributed by atoms with van der Waals surface area (Å²) in [6, 6.07) is 25.5. The average molecular weight is 739 g/mol. The summed E-state index contributed by atoms with van der Waals surface area (Å²) >= 11 is 6.01. The van der Waals surface area contributed by atoms with E-state index in [0.717, 1.165) is 80.0 Å². The summed E-state index contributed by atoms with van der Waals surface area (Å²) < 4.78 is 37.3. The molecular formula is C38H41ClF2N4O7. The molecule has 52 heavy (non-hydrogen) atoms. The summed E-state index contributed by atoms with van der Waals surface area (Å²) in [7, 11) is 2.13. The highest BCUT2D eigenvalue weighted by atomic mass is 35.5. The Bertz CT molecular complexity index is 1720. The van der Waals surface area contributed by atoms with Crippen LogP contribution in [0.3, 0.4) is 0 Å². The molecule has 11 nitrogen and oxygen atoms in total. The van der Waals surface area contributed by atoms with Gasteiger partial charge in [-0.05, 0) is 73.5 Å². The van der Waals surface area contributed by atoms with Crippen LogP contribution in [-0.4, -0.2) is 80.1 Å². The largest absolute Gasteiger partial charge is 0.490 e. The molecule has 1 saturated heterocycles. The van der Waals surface area contributed by atoms with E-state index in [0.29, 0.717) is 30.0 Å². The minimum atomic E-state index is -0.854. The molecule has 1 aliphatic heterocycles. The van der Waals surface area contributed by atoms with Crippen molar-refractivity contribution in [1.82, 2.24) is 9.80 Å². The van der Waals surface area contributed by atoms with Gasteiger partial charge in [0, 0.05) is 61.1 Å². The molecule has 1 aliphatic carbocycles. The highest BCUT2D eigenvalue weighted by Gasteiger charge is 2.28. The number of rotatable bonds is 14. The number of carbonyl (C=O) groups excluding carboxylic acids is 2. The Kier molecular flexibility index (Phi) is 15.6. The number of hydrogen-bond acceptors (Lipinski definition) is 9. The second-order valence-corrected chi connectivity index (χ2v) is 12.4. The second kappa shape index (κ2) is 20.5. The zero-order valence-corrected chi connectivity index (χ0v) is 29.5. The first-order valence-corrected chi connectivity index (χ1v) is 17.0. The molecule has 0 N–H and O–H groups in total. The SMILES string of the molecule is CN1CCN(c2ccc(OCCOc3cc(F)ccc3F)cc2)CC1.O=CN(Cc1ccccc1Cl)C1CC1.O=Cc1ccc(CO[N+](=O)[O-])cc1. The van der Waals surface area contributed by atoms with Gasteiger partial charge in [0.25, 0.3) is 5.09 Å². The van der Waals surface area contributed by atoms with Gasteiger partial charge in [0.1, 0.15) is 37.7 Å². The molecule has 2 fully saturated rings. The maximum atomic E-state index is 13.4. The van der Waals surface area contributed by atoms with Crippen LogP contribution in [-0.2, 0) is 22.8 Å². The van der Waals surface area contributed by atoms with Gasteiger partial charge >= 0.3 is 0 Å². The topological polar surface area (TPSA) is 115 Å². The first-order valence-electron chi connectivity index (χ1n) is 16.6. The van der Waals surface area contributed by atoms with Gasteiger partial charge in [0.2, 0.25) is 6.41 Å². The van der Waals surface area contributed by atoms with Crippen LogP contribution < -0.4 is 14.4 Å². The minimum Gasteiger partial charge on any atom is -0.490 e. The lowest BCUT2D eigenvalue weighted by Gasteiger charge is -2.34. The zero-order chi connectivity index (χ0) is 37.3. The summed E-state index contributed by atoms with van der Waals surface area (Å²) in [5.74, 6) is -0.495. The van der Waals surface area contributed by atoms with Gasteiger partial charge in [-0.1, -0.05) is 54.1 Å². The number of nitrogens with zero attached hydrogens (tertiary/aromatic N) is 4. The Morgan fingerprint density at radius 3 is 2.19 bits per heavy atom. The average Bonchev–Trinajstić information content (AvgIpc) is 4.01. The molecule has 0 aromatic heterocycles. The van der Waals surface area contributed by atoms with Gasteiger partial charge in [-0.25, -0.2) is 8.78 Å². The van der Waals surface area contributed by atoms with Crippen LogP contribution in [0, 0.1) is 21.7 Å². The fourth-order valence-corrected chi connectivity index (χ4v) is 5.21. The Balaban J connectivity index is 0.000000190. The third-order valence-corrected chi connectivity index (χ3v) is 8.49. The Morgan fingerprint density at radius 1 is 0.904 bits per heavy atom. The maximum Gasteiger partial charge on any atom is 0.294 e. The van der Waals surface area contributed by atoms with E-state index in [9.17, 15) is 28.5 Å². The van der Waals surface area contributed by atoms with Gasteiger partial charge < -0.3 is 29.0 Å². The minimum absolute atomic E-state index is 0.0911. The molecule has 4 aromatic carbocycles. The number of ether oxygens (including phenoxy) is 2. The van der Waals surface area contributed by atoms with Crippen molar-refractivity contribution in [1.29, 1.82) is 0 Å². The fourth-order valence-electron chi connectivity index (χ4n) is 5.02. The first-order chi connectivity index (χ1) is 25.1. The summed E-state index contributed by atoms with van der Waals surface area (Å²) in [5, 5.41) is 9.71. The van der Waals surface area contributed by atoms with Crippen molar-refractivity contribution in [2.45, 2.75) is 32.0 Å². The van der Waals surface area contributed by atoms with E-state index in [4.69, 9.17) is 21.1 Å². The number of carbonyl (C=O) groups is 2. The van der Waals surface area contributed by atoms with Crippen molar-refractivity contribution < 1.29 is 37.8 Å². The van der Waals surface area contributed by atoms with Gasteiger partial charge in [-0.15, -0.1) is 10.1 Å². The molecule has 0 bridgehead atoms. The maximum absolute atomic E-state index is 13.4. The second-order valence-electron chi connectivity index (χ2n) is 12.0. The van der Waals surface area contributed by atoms with Gasteiger partial charge in [0.15, 0.2) is 11.6 Å². The number of likely N-dealkylation sites (N-methyl/N-ethyl adjacent to an activating group) is 1. The molecule has 1 saturated carbocycles. The molecule has 4 aromatic rings. The van der Waals surface area contributed by atoms with E-state index in [1.807, 2.05) is 53.4 Å². The number of benzene rings is 4. The zero-order valence-electron chi connectivity index (χ0n) is 28.7. The number of anilines is 1. The molecule has 6 rings (SSSR count). The van der Waals surface area contributed by atoms with Crippen LogP contribution in [0.1, 0.15) is 34.3 Å². The Labute approximate surface area is 306 Å². The third-order valence-electron chi connectivity index (χ3n) is 8.12. The normalized spacial score (nSPS) is 13.7. The van der Waals surface area contributed by atoms with Crippen LogP contribution >= 0.6 is 11.6 Å². The molecule has 0 unspecified atom stereocenters. The summed E-state index contributed by atoms with van der Waals surface area (Å²) in [6.07, 6.45) is 3.88. The van der Waals surface area contributed by atoms with Crippen LogP contribution in [0.15, 0.2) is 91.0 Å². The first kappa shape index (κ1) is 39.5. The lowest BCUT2D eigenvalue weighted by molar-refractivity contribution is -0.763. The van der Waals surface area contributed by atoms with Gasteiger partial charge in [-0.3, -0.25) is 9.59 Å². The predicted molar refractivity (Wildman–Crippen MR) is 193 cm³/mol. The smallest absolute Gasteiger partial charge is 0.294 e. The van der Waals surface area contributed by atoms with Crippen LogP contribution in [0.4, 0.5) is 14.5 Å². The van der Waals surface area contributed by atoms with E-state index in [1.54, 1.807) is 24.3 Å². The molecule has 1 heterocycles. The lowest BCUT2D eigenvalue weighted by Crippen LogP contribution is -2.44. The Morgan fingerprint density at radius 2 is 1.58 bits per heavy atom. The van der Waals surface area contributed by atoms with Crippen molar-refractivity contribution in [3.63, 3.8) is 0 Å². The fraction of sp³-hybridized carbons (Fsp3) is 0.316. The van der Waals surface area contributed by atoms with Crippen molar-refractivity contribution in [2.75, 3.05) is 51.3 Å². The quantitative estimate of drug-likeness (QED) is 0.0594. The molecule has 0 spiro atoms. The molecular weight excluding hydrogens is 698 g/mol. The highest BCUT2D eigenvalue weighted by molar-refractivity contribution is 6.31. The van der Waals surface area contributed by atoms with Crippen LogP contribution in [0.25, 0.3) is 0 Å². The van der Waals surface area contributed by atoms with Crippen molar-refractivity contribution in [2.24, 2.45) is 0 Å². The lowest BCUT2D eigenvalue weighted by atomic mass is 10.2. The van der Waals surface area contributed by atoms with E-state index < -0.39 is 16.7 Å². The monoisotopic (exact) mass is 738 g/mol. The predicted octanol–water partition coefficient (Wildman–Crippen LogP) is 6.84. The van der Waals surface area contributed by atoms with Crippen LogP contribution in [0.2, 0.25) is 5.02 Å².